The van der Waals surface area contributed by atoms with E-state index in [-0.39, 0.29) is 11.5 Å². The first-order valence-electron chi connectivity index (χ1n) is 14.4. The molecule has 1 heterocycles. The third kappa shape index (κ3) is 5.50. The van der Waals surface area contributed by atoms with E-state index in [9.17, 15) is 10.2 Å². The number of aromatic hydroxyl groups is 2. The van der Waals surface area contributed by atoms with Crippen molar-refractivity contribution in [2.45, 2.75) is 27.7 Å². The van der Waals surface area contributed by atoms with Gasteiger partial charge in [-0.15, -0.1) is 0 Å². The minimum Gasteiger partial charge on any atom is -0.508 e. The average molecular weight is 547 g/mol. The van der Waals surface area contributed by atoms with E-state index < -0.39 is 0 Å². The van der Waals surface area contributed by atoms with Crippen molar-refractivity contribution in [1.82, 2.24) is 9.55 Å². The number of aromatic nitrogens is 2. The summed E-state index contributed by atoms with van der Waals surface area (Å²) in [5.74, 6) is 0.571. The quantitative estimate of drug-likeness (QED) is 0.186. The standard InChI is InChI=1S/C35H38N4O2/c1-5-37(6-2)27-18-14-25(15-19-27)33-34(26-16-20-28(21-17-26)38(7-3)8-4)39(29-12-10-9-11-13-29)35(36-33)31-23-22-30(40)24-32(31)41/h9-24,40-41H,5-8H2,1-4H3. The van der Waals surface area contributed by atoms with Crippen molar-refractivity contribution < 1.29 is 10.2 Å². The maximum atomic E-state index is 10.9. The summed E-state index contributed by atoms with van der Waals surface area (Å²) < 4.78 is 2.10. The average Bonchev–Trinajstić information content (AvgIpc) is 3.40. The Hall–Kier alpha value is -4.71. The first kappa shape index (κ1) is 27.8. The highest BCUT2D eigenvalue weighted by Gasteiger charge is 2.24. The summed E-state index contributed by atoms with van der Waals surface area (Å²) in [7, 11) is 0. The van der Waals surface area contributed by atoms with Crippen LogP contribution in [0.1, 0.15) is 27.7 Å². The van der Waals surface area contributed by atoms with Gasteiger partial charge in [0.25, 0.3) is 0 Å². The second-order valence-corrected chi connectivity index (χ2v) is 9.94. The van der Waals surface area contributed by atoms with Crippen molar-refractivity contribution in [3.8, 4) is 51.1 Å². The van der Waals surface area contributed by atoms with Gasteiger partial charge in [-0.25, -0.2) is 4.98 Å². The van der Waals surface area contributed by atoms with Gasteiger partial charge in [-0.2, -0.15) is 0 Å². The minimum absolute atomic E-state index is 0.00324. The van der Waals surface area contributed by atoms with Crippen LogP contribution in [0.25, 0.3) is 39.6 Å². The largest absolute Gasteiger partial charge is 0.508 e. The van der Waals surface area contributed by atoms with Gasteiger partial charge in [0.15, 0.2) is 0 Å². The summed E-state index contributed by atoms with van der Waals surface area (Å²) in [4.78, 5) is 9.84. The van der Waals surface area contributed by atoms with Gasteiger partial charge < -0.3 is 20.0 Å². The SMILES string of the molecule is CCN(CC)c1ccc(-c2nc(-c3ccc(O)cc3O)n(-c3ccccc3)c2-c2ccc(N(CC)CC)cc2)cc1. The highest BCUT2D eigenvalue weighted by atomic mass is 16.3. The molecule has 0 aliphatic rings. The van der Waals surface area contributed by atoms with Gasteiger partial charge in [0.1, 0.15) is 17.3 Å². The van der Waals surface area contributed by atoms with Crippen LogP contribution in [-0.2, 0) is 0 Å². The maximum Gasteiger partial charge on any atom is 0.149 e. The maximum absolute atomic E-state index is 10.9. The molecule has 6 nitrogen and oxygen atoms in total. The molecular weight excluding hydrogens is 508 g/mol. The molecule has 41 heavy (non-hydrogen) atoms. The Morgan fingerprint density at radius 2 is 1.17 bits per heavy atom. The van der Waals surface area contributed by atoms with Crippen LogP contribution in [0.5, 0.6) is 11.5 Å². The van der Waals surface area contributed by atoms with E-state index in [1.807, 2.05) is 30.3 Å². The van der Waals surface area contributed by atoms with Crippen LogP contribution in [0.15, 0.2) is 97.1 Å². The molecule has 5 rings (SSSR count). The van der Waals surface area contributed by atoms with E-state index >= 15 is 0 Å². The summed E-state index contributed by atoms with van der Waals surface area (Å²) in [6.45, 7) is 12.4. The molecule has 4 aromatic carbocycles. The van der Waals surface area contributed by atoms with E-state index in [1.54, 1.807) is 12.1 Å². The molecule has 6 heteroatoms. The van der Waals surface area contributed by atoms with Gasteiger partial charge >= 0.3 is 0 Å². The number of para-hydroxylation sites is 1. The third-order valence-corrected chi connectivity index (χ3v) is 7.65. The fourth-order valence-electron chi connectivity index (χ4n) is 5.44. The molecule has 0 unspecified atom stereocenters. The number of hydrogen-bond acceptors (Lipinski definition) is 5. The lowest BCUT2D eigenvalue weighted by atomic mass is 10.0. The summed E-state index contributed by atoms with van der Waals surface area (Å²) in [5.41, 5.74) is 7.56. The van der Waals surface area contributed by atoms with E-state index in [4.69, 9.17) is 4.98 Å². The predicted octanol–water partition coefficient (Wildman–Crippen LogP) is 7.98. The van der Waals surface area contributed by atoms with Gasteiger partial charge in [-0.3, -0.25) is 4.57 Å². The summed E-state index contributed by atoms with van der Waals surface area (Å²) in [6, 6.07) is 31.9. The fraction of sp³-hybridized carbons (Fsp3) is 0.229. The zero-order valence-corrected chi connectivity index (χ0v) is 24.2. The molecule has 1 aromatic heterocycles. The lowest BCUT2D eigenvalue weighted by molar-refractivity contribution is 0.451. The number of benzene rings is 4. The van der Waals surface area contributed by atoms with Crippen molar-refractivity contribution in [3.05, 3.63) is 97.1 Å². The molecular formula is C35H38N4O2. The van der Waals surface area contributed by atoms with Crippen molar-refractivity contribution in [2.24, 2.45) is 0 Å². The molecule has 0 bridgehead atoms. The minimum atomic E-state index is -0.0287. The van der Waals surface area contributed by atoms with Crippen molar-refractivity contribution >= 4 is 11.4 Å². The highest BCUT2D eigenvalue weighted by molar-refractivity contribution is 5.86. The molecule has 0 saturated heterocycles. The third-order valence-electron chi connectivity index (χ3n) is 7.65. The second-order valence-electron chi connectivity index (χ2n) is 9.94. The number of rotatable bonds is 10. The zero-order chi connectivity index (χ0) is 28.9. The van der Waals surface area contributed by atoms with Gasteiger partial charge in [0, 0.05) is 60.4 Å². The molecule has 210 valence electrons. The molecule has 0 aliphatic heterocycles. The monoisotopic (exact) mass is 546 g/mol. The Morgan fingerprint density at radius 1 is 0.634 bits per heavy atom. The summed E-state index contributed by atoms with van der Waals surface area (Å²) in [6.07, 6.45) is 0. The van der Waals surface area contributed by atoms with Crippen LogP contribution in [0.2, 0.25) is 0 Å². The van der Waals surface area contributed by atoms with Crippen LogP contribution < -0.4 is 9.80 Å². The lowest BCUT2D eigenvalue weighted by Crippen LogP contribution is -2.21. The van der Waals surface area contributed by atoms with E-state index in [0.717, 1.165) is 54.4 Å². The van der Waals surface area contributed by atoms with Gasteiger partial charge in [-0.05, 0) is 76.2 Å². The Kier molecular flexibility index (Phi) is 8.29. The van der Waals surface area contributed by atoms with E-state index in [0.29, 0.717) is 11.4 Å². The topological polar surface area (TPSA) is 64.8 Å². The predicted molar refractivity (Wildman–Crippen MR) is 170 cm³/mol. The number of hydrogen-bond donors (Lipinski definition) is 2. The first-order chi connectivity index (χ1) is 20.0. The van der Waals surface area contributed by atoms with Crippen LogP contribution in [0, 0.1) is 0 Å². The van der Waals surface area contributed by atoms with Crippen LogP contribution in [0.4, 0.5) is 11.4 Å². The van der Waals surface area contributed by atoms with Gasteiger partial charge in [0.05, 0.1) is 17.0 Å². The fourth-order valence-corrected chi connectivity index (χ4v) is 5.44. The van der Waals surface area contributed by atoms with Crippen LogP contribution >= 0.6 is 0 Å². The Morgan fingerprint density at radius 3 is 1.68 bits per heavy atom. The number of phenolic OH excluding ortho intramolecular Hbond substituents is 2. The Bertz CT molecular complexity index is 1580. The van der Waals surface area contributed by atoms with Gasteiger partial charge in [0.2, 0.25) is 0 Å². The molecule has 0 aliphatic carbocycles. The molecule has 2 N–H and O–H groups in total. The second kappa shape index (κ2) is 12.2. The van der Waals surface area contributed by atoms with Crippen LogP contribution in [-0.4, -0.2) is 45.9 Å². The summed E-state index contributed by atoms with van der Waals surface area (Å²) in [5, 5.41) is 21.0. The summed E-state index contributed by atoms with van der Waals surface area (Å²) >= 11 is 0. The molecule has 0 saturated carbocycles. The number of anilines is 2. The smallest absolute Gasteiger partial charge is 0.149 e. The number of phenols is 2. The van der Waals surface area contributed by atoms with Crippen LogP contribution in [0.3, 0.4) is 0 Å². The highest BCUT2D eigenvalue weighted by Crippen LogP contribution is 2.42. The van der Waals surface area contributed by atoms with Crippen molar-refractivity contribution in [1.29, 1.82) is 0 Å². The van der Waals surface area contributed by atoms with Gasteiger partial charge in [-0.1, -0.05) is 42.5 Å². The first-order valence-corrected chi connectivity index (χ1v) is 14.4. The van der Waals surface area contributed by atoms with Crippen molar-refractivity contribution in [3.63, 3.8) is 0 Å². The molecule has 0 atom stereocenters. The molecule has 0 radical (unpaired) electrons. The molecule has 5 aromatic rings. The van der Waals surface area contributed by atoms with Crippen molar-refractivity contribution in [2.75, 3.05) is 36.0 Å². The Balaban J connectivity index is 1.79. The number of imidazole rings is 1. The Labute approximate surface area is 242 Å². The lowest BCUT2D eigenvalue weighted by Gasteiger charge is -2.22. The zero-order valence-electron chi connectivity index (χ0n) is 24.2. The molecule has 0 spiro atoms. The normalized spacial score (nSPS) is 11.0. The number of nitrogens with zero attached hydrogens (tertiary/aromatic N) is 4. The van der Waals surface area contributed by atoms with E-state index in [2.05, 4.69) is 90.6 Å². The molecule has 0 amide bonds. The molecule has 0 fully saturated rings. The van der Waals surface area contributed by atoms with E-state index in [1.165, 1.54) is 17.4 Å².